The molecule has 0 saturated heterocycles. The molecule has 1 N–H and O–H groups in total. The van der Waals surface area contributed by atoms with Crippen LogP contribution in [0, 0.1) is 6.92 Å². The molecular weight excluding hydrogens is 346 g/mol. The monoisotopic (exact) mass is 367 g/mol. The molecule has 0 aliphatic rings. The molecule has 0 spiro atoms. The highest BCUT2D eigenvalue weighted by Gasteiger charge is 2.16. The number of hydrogen-bond acceptors (Lipinski definition) is 3. The van der Waals surface area contributed by atoms with E-state index in [4.69, 9.17) is 4.98 Å². The molecule has 0 fully saturated rings. The molecule has 1 amide bonds. The molecule has 2 heterocycles. The van der Waals surface area contributed by atoms with Crippen LogP contribution in [-0.2, 0) is 0 Å². The first-order valence-corrected chi connectivity index (χ1v) is 9.29. The van der Waals surface area contributed by atoms with E-state index in [0.717, 1.165) is 27.7 Å². The largest absolute Gasteiger partial charge is 0.345 e. The Morgan fingerprint density at radius 3 is 2.43 bits per heavy atom. The number of carbonyl (C=O) groups excluding carboxylic acids is 1. The fourth-order valence-corrected chi connectivity index (χ4v) is 3.25. The summed E-state index contributed by atoms with van der Waals surface area (Å²) in [6.45, 7) is 4.05. The number of aryl methyl sites for hydroxylation is 1. The minimum atomic E-state index is -0.109. The Morgan fingerprint density at radius 2 is 1.68 bits per heavy atom. The minimum Gasteiger partial charge on any atom is -0.345 e. The lowest BCUT2D eigenvalue weighted by Gasteiger charge is -2.16. The first kappa shape index (κ1) is 17.9. The van der Waals surface area contributed by atoms with E-state index < -0.39 is 0 Å². The van der Waals surface area contributed by atoms with Crippen LogP contribution in [0.1, 0.15) is 34.5 Å². The van der Waals surface area contributed by atoms with E-state index in [9.17, 15) is 4.79 Å². The maximum absolute atomic E-state index is 13.1. The van der Waals surface area contributed by atoms with Gasteiger partial charge in [-0.05, 0) is 43.7 Å². The molecule has 28 heavy (non-hydrogen) atoms. The van der Waals surface area contributed by atoms with Crippen molar-refractivity contribution in [2.75, 3.05) is 0 Å². The van der Waals surface area contributed by atoms with Crippen molar-refractivity contribution < 1.29 is 4.79 Å². The average molecular weight is 367 g/mol. The van der Waals surface area contributed by atoms with Crippen LogP contribution in [0.3, 0.4) is 0 Å². The number of hydrogen-bond donors (Lipinski definition) is 1. The molecule has 0 aliphatic carbocycles. The molecule has 1 atom stereocenters. The maximum atomic E-state index is 13.1. The SMILES string of the molecule is Cc1ccc(C(C)NC(=O)c2cc(-c3ccncc3)nc3ccccc23)cc1. The van der Waals surface area contributed by atoms with Crippen molar-refractivity contribution >= 4 is 16.8 Å². The second-order valence-corrected chi connectivity index (χ2v) is 6.91. The van der Waals surface area contributed by atoms with Gasteiger partial charge in [0.2, 0.25) is 0 Å². The van der Waals surface area contributed by atoms with Crippen LogP contribution in [0.2, 0.25) is 0 Å². The van der Waals surface area contributed by atoms with E-state index in [-0.39, 0.29) is 11.9 Å². The molecule has 0 aliphatic heterocycles. The first-order chi connectivity index (χ1) is 13.6. The number of fused-ring (bicyclic) bond motifs is 1. The summed E-state index contributed by atoms with van der Waals surface area (Å²) in [5.41, 5.74) is 5.38. The Bertz CT molecular complexity index is 1120. The third kappa shape index (κ3) is 3.62. The van der Waals surface area contributed by atoms with Gasteiger partial charge in [-0.1, -0.05) is 48.0 Å². The Kier molecular flexibility index (Phi) is 4.85. The average Bonchev–Trinajstić information content (AvgIpc) is 2.74. The van der Waals surface area contributed by atoms with Crippen molar-refractivity contribution in [3.63, 3.8) is 0 Å². The topological polar surface area (TPSA) is 54.9 Å². The molecular formula is C24H21N3O. The molecule has 4 aromatic rings. The Morgan fingerprint density at radius 1 is 0.964 bits per heavy atom. The molecule has 0 saturated carbocycles. The van der Waals surface area contributed by atoms with Crippen molar-refractivity contribution in [2.24, 2.45) is 0 Å². The van der Waals surface area contributed by atoms with Gasteiger partial charge in [0.15, 0.2) is 0 Å². The molecule has 4 heteroatoms. The molecule has 0 bridgehead atoms. The van der Waals surface area contributed by atoms with Crippen molar-refractivity contribution in [3.8, 4) is 11.3 Å². The van der Waals surface area contributed by atoms with E-state index in [0.29, 0.717) is 5.56 Å². The van der Waals surface area contributed by atoms with E-state index in [2.05, 4.69) is 29.4 Å². The number of rotatable bonds is 4. The number of carbonyl (C=O) groups is 1. The zero-order chi connectivity index (χ0) is 19.5. The molecule has 2 aromatic heterocycles. The van der Waals surface area contributed by atoms with Crippen LogP contribution >= 0.6 is 0 Å². The third-order valence-corrected chi connectivity index (χ3v) is 4.86. The summed E-state index contributed by atoms with van der Waals surface area (Å²) in [6.07, 6.45) is 3.46. The summed E-state index contributed by atoms with van der Waals surface area (Å²) in [5, 5.41) is 3.97. The van der Waals surface area contributed by atoms with E-state index in [1.54, 1.807) is 12.4 Å². The number of amides is 1. The molecule has 2 aromatic carbocycles. The Hall–Kier alpha value is -3.53. The van der Waals surface area contributed by atoms with Crippen LogP contribution in [0.25, 0.3) is 22.2 Å². The van der Waals surface area contributed by atoms with E-state index in [1.807, 2.05) is 61.5 Å². The number of benzene rings is 2. The highest BCUT2D eigenvalue weighted by molar-refractivity contribution is 6.07. The highest BCUT2D eigenvalue weighted by atomic mass is 16.1. The summed E-state index contributed by atoms with van der Waals surface area (Å²) < 4.78 is 0. The van der Waals surface area contributed by atoms with Gasteiger partial charge in [0.05, 0.1) is 22.8 Å². The first-order valence-electron chi connectivity index (χ1n) is 9.29. The van der Waals surface area contributed by atoms with Gasteiger partial charge in [-0.2, -0.15) is 0 Å². The van der Waals surface area contributed by atoms with Crippen molar-refractivity contribution in [1.82, 2.24) is 15.3 Å². The molecule has 4 rings (SSSR count). The van der Waals surface area contributed by atoms with E-state index in [1.165, 1.54) is 5.56 Å². The van der Waals surface area contributed by atoms with Crippen molar-refractivity contribution in [1.29, 1.82) is 0 Å². The minimum absolute atomic E-state index is 0.0931. The second kappa shape index (κ2) is 7.61. The maximum Gasteiger partial charge on any atom is 0.252 e. The van der Waals surface area contributed by atoms with Gasteiger partial charge < -0.3 is 5.32 Å². The van der Waals surface area contributed by atoms with Crippen LogP contribution in [0.15, 0.2) is 79.1 Å². The lowest BCUT2D eigenvalue weighted by atomic mass is 10.0. The van der Waals surface area contributed by atoms with Crippen molar-refractivity contribution in [3.05, 3.63) is 95.8 Å². The number of nitrogens with zero attached hydrogens (tertiary/aromatic N) is 2. The van der Waals surface area contributed by atoms with Gasteiger partial charge in [0.1, 0.15) is 0 Å². The van der Waals surface area contributed by atoms with Crippen LogP contribution in [-0.4, -0.2) is 15.9 Å². The smallest absolute Gasteiger partial charge is 0.252 e. The lowest BCUT2D eigenvalue weighted by Crippen LogP contribution is -2.27. The normalized spacial score (nSPS) is 11.9. The van der Waals surface area contributed by atoms with Gasteiger partial charge in [-0.3, -0.25) is 9.78 Å². The highest BCUT2D eigenvalue weighted by Crippen LogP contribution is 2.25. The summed E-state index contributed by atoms with van der Waals surface area (Å²) in [4.78, 5) is 21.9. The van der Waals surface area contributed by atoms with Gasteiger partial charge in [-0.25, -0.2) is 4.98 Å². The van der Waals surface area contributed by atoms with Crippen LogP contribution in [0.4, 0.5) is 0 Å². The standard InChI is InChI=1S/C24H21N3O/c1-16-7-9-18(10-8-16)17(2)26-24(28)21-15-23(19-11-13-25-14-12-19)27-22-6-4-3-5-20(21)22/h3-15,17H,1-2H3,(H,26,28). The summed E-state index contributed by atoms with van der Waals surface area (Å²) in [5.74, 6) is -0.109. The van der Waals surface area contributed by atoms with Crippen LogP contribution < -0.4 is 5.32 Å². The van der Waals surface area contributed by atoms with E-state index >= 15 is 0 Å². The second-order valence-electron chi connectivity index (χ2n) is 6.91. The number of pyridine rings is 2. The summed E-state index contributed by atoms with van der Waals surface area (Å²) in [7, 11) is 0. The van der Waals surface area contributed by atoms with Crippen molar-refractivity contribution in [2.45, 2.75) is 19.9 Å². The molecule has 0 radical (unpaired) electrons. The molecule has 1 unspecified atom stereocenters. The number of para-hydroxylation sites is 1. The zero-order valence-corrected chi connectivity index (χ0v) is 15.9. The fraction of sp³-hybridized carbons (Fsp3) is 0.125. The molecule has 138 valence electrons. The Balaban J connectivity index is 1.72. The van der Waals surface area contributed by atoms with Gasteiger partial charge in [0, 0.05) is 23.3 Å². The zero-order valence-electron chi connectivity index (χ0n) is 15.9. The fourth-order valence-electron chi connectivity index (χ4n) is 3.25. The lowest BCUT2D eigenvalue weighted by molar-refractivity contribution is 0.0941. The van der Waals surface area contributed by atoms with Gasteiger partial charge >= 0.3 is 0 Å². The number of aromatic nitrogens is 2. The number of nitrogens with one attached hydrogen (secondary N) is 1. The third-order valence-electron chi connectivity index (χ3n) is 4.86. The van der Waals surface area contributed by atoms with Gasteiger partial charge in [-0.15, -0.1) is 0 Å². The Labute approximate surface area is 164 Å². The summed E-state index contributed by atoms with van der Waals surface area (Å²) in [6, 6.07) is 21.5. The molecule has 4 nitrogen and oxygen atoms in total. The predicted molar refractivity (Wildman–Crippen MR) is 112 cm³/mol. The quantitative estimate of drug-likeness (QED) is 0.546. The van der Waals surface area contributed by atoms with Crippen LogP contribution in [0.5, 0.6) is 0 Å². The van der Waals surface area contributed by atoms with Gasteiger partial charge in [0.25, 0.3) is 5.91 Å². The summed E-state index contributed by atoms with van der Waals surface area (Å²) >= 11 is 0. The predicted octanol–water partition coefficient (Wildman–Crippen LogP) is 5.10.